The number of aliphatic hydroxyl groups is 1. The first kappa shape index (κ1) is 14.2. The average Bonchev–Trinajstić information content (AvgIpc) is 2.37. The van der Waals surface area contributed by atoms with Gasteiger partial charge in [0.2, 0.25) is 0 Å². The smallest absolute Gasteiger partial charge is 0.143 e. The van der Waals surface area contributed by atoms with Crippen molar-refractivity contribution in [3.8, 4) is 5.75 Å². The first-order chi connectivity index (χ1) is 9.02. The van der Waals surface area contributed by atoms with E-state index in [9.17, 15) is 5.11 Å². The molecule has 0 spiro atoms. The molecule has 1 aromatic rings. The summed E-state index contributed by atoms with van der Waals surface area (Å²) in [5.74, 6) is 0.896. The fraction of sp³-hybridized carbons (Fsp3) is 0.600. The van der Waals surface area contributed by atoms with Crippen LogP contribution in [0.2, 0.25) is 0 Å². The average molecular weight is 264 g/mol. The molecule has 3 unspecified atom stereocenters. The molecular formula is C15H24N2O2. The number of fused-ring (bicyclic) bond motifs is 1. The van der Waals surface area contributed by atoms with Crippen molar-refractivity contribution >= 4 is 5.69 Å². The molecule has 0 bridgehead atoms. The van der Waals surface area contributed by atoms with Crippen LogP contribution in [0.3, 0.4) is 0 Å². The molecule has 0 saturated carbocycles. The molecular weight excluding hydrogens is 240 g/mol. The molecule has 0 aromatic heterocycles. The van der Waals surface area contributed by atoms with Crippen molar-refractivity contribution in [1.82, 2.24) is 0 Å². The Hall–Kier alpha value is -1.26. The Labute approximate surface area is 115 Å². The van der Waals surface area contributed by atoms with Gasteiger partial charge in [0, 0.05) is 12.6 Å². The van der Waals surface area contributed by atoms with Crippen molar-refractivity contribution in [2.45, 2.75) is 45.4 Å². The summed E-state index contributed by atoms with van der Waals surface area (Å²) in [4.78, 5) is 2.32. The number of aliphatic hydroxyl groups excluding tert-OH is 1. The van der Waals surface area contributed by atoms with Crippen LogP contribution < -0.4 is 15.4 Å². The number of anilines is 1. The summed E-state index contributed by atoms with van der Waals surface area (Å²) in [6.07, 6.45) is 0.656. The zero-order valence-corrected chi connectivity index (χ0v) is 12.0. The van der Waals surface area contributed by atoms with E-state index >= 15 is 0 Å². The number of hydrogen-bond acceptors (Lipinski definition) is 4. The van der Waals surface area contributed by atoms with Gasteiger partial charge in [0.1, 0.15) is 11.9 Å². The van der Waals surface area contributed by atoms with Gasteiger partial charge in [-0.25, -0.2) is 0 Å². The molecule has 1 aliphatic heterocycles. The van der Waals surface area contributed by atoms with E-state index in [1.807, 2.05) is 25.1 Å². The van der Waals surface area contributed by atoms with Gasteiger partial charge in [-0.15, -0.1) is 0 Å². The summed E-state index contributed by atoms with van der Waals surface area (Å²) < 4.78 is 5.85. The van der Waals surface area contributed by atoms with E-state index in [4.69, 9.17) is 10.5 Å². The molecule has 2 rings (SSSR count). The molecule has 0 amide bonds. The third kappa shape index (κ3) is 3.01. The second kappa shape index (κ2) is 5.80. The van der Waals surface area contributed by atoms with Gasteiger partial charge in [0.25, 0.3) is 0 Å². The maximum atomic E-state index is 10.1. The molecule has 3 N–H and O–H groups in total. The highest BCUT2D eigenvalue weighted by Crippen LogP contribution is 2.36. The summed E-state index contributed by atoms with van der Waals surface area (Å²) in [5.41, 5.74) is 7.69. The Morgan fingerprint density at radius 1 is 1.53 bits per heavy atom. The van der Waals surface area contributed by atoms with Gasteiger partial charge in [-0.1, -0.05) is 13.0 Å². The quantitative estimate of drug-likeness (QED) is 0.874. The van der Waals surface area contributed by atoms with Crippen LogP contribution in [0.4, 0.5) is 5.69 Å². The van der Waals surface area contributed by atoms with Crippen molar-refractivity contribution in [2.24, 2.45) is 5.73 Å². The molecule has 106 valence electrons. The topological polar surface area (TPSA) is 58.7 Å². The molecule has 1 aromatic carbocycles. The summed E-state index contributed by atoms with van der Waals surface area (Å²) in [7, 11) is 0. The van der Waals surface area contributed by atoms with E-state index in [0.717, 1.165) is 36.5 Å². The van der Waals surface area contributed by atoms with Crippen LogP contribution in [0.1, 0.15) is 38.9 Å². The standard InChI is InChI=1S/C15H24N2O2/c1-4-7-17-9-10(2)19-14-6-5-12(8-13(14)17)15(18)11(3)16/h5-6,8,10-11,15,18H,4,7,9,16H2,1-3H3. The van der Waals surface area contributed by atoms with Crippen LogP contribution in [0.25, 0.3) is 0 Å². The predicted molar refractivity (Wildman–Crippen MR) is 77.6 cm³/mol. The van der Waals surface area contributed by atoms with Crippen molar-refractivity contribution in [2.75, 3.05) is 18.0 Å². The first-order valence-corrected chi connectivity index (χ1v) is 7.02. The molecule has 0 radical (unpaired) electrons. The van der Waals surface area contributed by atoms with Crippen LogP contribution in [0.5, 0.6) is 5.75 Å². The minimum Gasteiger partial charge on any atom is -0.487 e. The molecule has 4 nitrogen and oxygen atoms in total. The molecule has 1 heterocycles. The van der Waals surface area contributed by atoms with Crippen molar-refractivity contribution in [3.05, 3.63) is 23.8 Å². The van der Waals surface area contributed by atoms with Gasteiger partial charge in [0.15, 0.2) is 0 Å². The summed E-state index contributed by atoms with van der Waals surface area (Å²) in [6.45, 7) is 7.94. The summed E-state index contributed by atoms with van der Waals surface area (Å²) in [5, 5.41) is 10.1. The van der Waals surface area contributed by atoms with Crippen molar-refractivity contribution in [1.29, 1.82) is 0 Å². The lowest BCUT2D eigenvalue weighted by Crippen LogP contribution is -2.39. The zero-order valence-electron chi connectivity index (χ0n) is 12.0. The zero-order chi connectivity index (χ0) is 14.0. The lowest BCUT2D eigenvalue weighted by molar-refractivity contribution is 0.153. The second-order valence-electron chi connectivity index (χ2n) is 5.41. The van der Waals surface area contributed by atoms with Crippen LogP contribution in [-0.2, 0) is 0 Å². The fourth-order valence-electron chi connectivity index (χ4n) is 2.51. The Morgan fingerprint density at radius 2 is 2.26 bits per heavy atom. The fourth-order valence-corrected chi connectivity index (χ4v) is 2.51. The van der Waals surface area contributed by atoms with Crippen molar-refractivity contribution < 1.29 is 9.84 Å². The molecule has 4 heteroatoms. The minimum atomic E-state index is -0.631. The molecule has 1 aliphatic rings. The van der Waals surface area contributed by atoms with Crippen LogP contribution in [0.15, 0.2) is 18.2 Å². The number of ether oxygens (including phenoxy) is 1. The maximum Gasteiger partial charge on any atom is 0.143 e. The van der Waals surface area contributed by atoms with Gasteiger partial charge in [-0.05, 0) is 38.0 Å². The second-order valence-corrected chi connectivity index (χ2v) is 5.41. The van der Waals surface area contributed by atoms with Crippen molar-refractivity contribution in [3.63, 3.8) is 0 Å². The van der Waals surface area contributed by atoms with E-state index < -0.39 is 6.10 Å². The predicted octanol–water partition coefficient (Wildman–Crippen LogP) is 2.06. The van der Waals surface area contributed by atoms with Crippen LogP contribution in [0, 0.1) is 0 Å². The van der Waals surface area contributed by atoms with E-state index in [-0.39, 0.29) is 12.1 Å². The number of nitrogens with two attached hydrogens (primary N) is 1. The molecule has 19 heavy (non-hydrogen) atoms. The lowest BCUT2D eigenvalue weighted by atomic mass is 10.0. The Bertz CT molecular complexity index is 434. The van der Waals surface area contributed by atoms with Crippen LogP contribution >= 0.6 is 0 Å². The molecule has 3 atom stereocenters. The SMILES string of the molecule is CCCN1CC(C)Oc2ccc(C(O)C(C)N)cc21. The number of nitrogens with zero attached hydrogens (tertiary/aromatic N) is 1. The highest BCUT2D eigenvalue weighted by molar-refractivity contribution is 5.62. The largest absolute Gasteiger partial charge is 0.487 e. The van der Waals surface area contributed by atoms with Gasteiger partial charge in [0.05, 0.1) is 18.3 Å². The van der Waals surface area contributed by atoms with E-state index in [0.29, 0.717) is 0 Å². The Balaban J connectivity index is 2.33. The van der Waals surface area contributed by atoms with E-state index in [1.165, 1.54) is 0 Å². The van der Waals surface area contributed by atoms with Gasteiger partial charge in [-0.2, -0.15) is 0 Å². The highest BCUT2D eigenvalue weighted by Gasteiger charge is 2.24. The monoisotopic (exact) mass is 264 g/mol. The van der Waals surface area contributed by atoms with Gasteiger partial charge < -0.3 is 20.5 Å². The molecule has 0 saturated heterocycles. The Morgan fingerprint density at radius 3 is 2.89 bits per heavy atom. The minimum absolute atomic E-state index is 0.197. The Kier molecular flexibility index (Phi) is 4.32. The maximum absolute atomic E-state index is 10.1. The number of hydrogen-bond donors (Lipinski definition) is 2. The number of benzene rings is 1. The van der Waals surface area contributed by atoms with E-state index in [1.54, 1.807) is 0 Å². The summed E-state index contributed by atoms with van der Waals surface area (Å²) in [6, 6.07) is 5.57. The van der Waals surface area contributed by atoms with Crippen LogP contribution in [-0.4, -0.2) is 30.3 Å². The third-order valence-corrected chi connectivity index (χ3v) is 3.46. The normalized spacial score (nSPS) is 21.5. The number of rotatable bonds is 4. The summed E-state index contributed by atoms with van der Waals surface area (Å²) >= 11 is 0. The third-order valence-electron chi connectivity index (χ3n) is 3.46. The molecule has 0 aliphatic carbocycles. The first-order valence-electron chi connectivity index (χ1n) is 7.02. The highest BCUT2D eigenvalue weighted by atomic mass is 16.5. The molecule has 0 fully saturated rings. The van der Waals surface area contributed by atoms with Gasteiger partial charge >= 0.3 is 0 Å². The van der Waals surface area contributed by atoms with Gasteiger partial charge in [-0.3, -0.25) is 0 Å². The lowest BCUT2D eigenvalue weighted by Gasteiger charge is -2.35. The van der Waals surface area contributed by atoms with E-state index in [2.05, 4.69) is 18.7 Å².